The van der Waals surface area contributed by atoms with E-state index < -0.39 is 5.97 Å². The molecule has 0 aliphatic heterocycles. The van der Waals surface area contributed by atoms with Crippen LogP contribution in [0.1, 0.15) is 35.9 Å². The standard InChI is InChI=1S/C23H20N2O3/c1-15(2)25-22(26)20-13-6-5-12-19(20)21(24-25)23(27)28-14-17-10-7-9-16-8-3-4-11-18(16)17/h3-13,15H,14H2,1-2H3. The monoisotopic (exact) mass is 372 g/mol. The third-order valence-electron chi connectivity index (χ3n) is 4.75. The van der Waals surface area contributed by atoms with Crippen LogP contribution in [0.25, 0.3) is 21.5 Å². The summed E-state index contributed by atoms with van der Waals surface area (Å²) < 4.78 is 6.92. The van der Waals surface area contributed by atoms with Crippen LogP contribution in [0, 0.1) is 0 Å². The van der Waals surface area contributed by atoms with Crippen molar-refractivity contribution in [2.24, 2.45) is 0 Å². The molecule has 0 spiro atoms. The first kappa shape index (κ1) is 17.9. The predicted molar refractivity (Wildman–Crippen MR) is 109 cm³/mol. The fourth-order valence-electron chi connectivity index (χ4n) is 3.34. The van der Waals surface area contributed by atoms with Crippen LogP contribution < -0.4 is 5.56 Å². The molecule has 0 saturated carbocycles. The summed E-state index contributed by atoms with van der Waals surface area (Å²) in [5.41, 5.74) is 0.869. The Balaban J connectivity index is 1.71. The Morgan fingerprint density at radius 3 is 2.32 bits per heavy atom. The lowest BCUT2D eigenvalue weighted by Crippen LogP contribution is -2.27. The zero-order valence-electron chi connectivity index (χ0n) is 15.8. The van der Waals surface area contributed by atoms with Crippen LogP contribution in [0.5, 0.6) is 0 Å². The first-order valence-electron chi connectivity index (χ1n) is 9.21. The summed E-state index contributed by atoms with van der Waals surface area (Å²) in [5, 5.41) is 7.41. The predicted octanol–water partition coefficient (Wildman–Crippen LogP) is 4.49. The molecule has 0 aliphatic carbocycles. The number of carbonyl (C=O) groups excluding carboxylic acids is 1. The molecule has 0 amide bonds. The number of hydrogen-bond acceptors (Lipinski definition) is 4. The number of ether oxygens (including phenoxy) is 1. The normalized spacial score (nSPS) is 11.2. The second kappa shape index (κ2) is 7.27. The first-order chi connectivity index (χ1) is 13.6. The van der Waals surface area contributed by atoms with Gasteiger partial charge in [0.2, 0.25) is 0 Å². The van der Waals surface area contributed by atoms with Crippen LogP contribution in [0.15, 0.2) is 71.5 Å². The number of benzene rings is 3. The maximum atomic E-state index is 12.9. The SMILES string of the molecule is CC(C)n1nc(C(=O)OCc2cccc3ccccc23)c2ccccc2c1=O. The largest absolute Gasteiger partial charge is 0.456 e. The highest BCUT2D eigenvalue weighted by Gasteiger charge is 2.19. The maximum Gasteiger partial charge on any atom is 0.359 e. The second-order valence-corrected chi connectivity index (χ2v) is 6.95. The molecule has 5 nitrogen and oxygen atoms in total. The van der Waals surface area contributed by atoms with E-state index in [4.69, 9.17) is 4.74 Å². The quantitative estimate of drug-likeness (QED) is 0.495. The fourth-order valence-corrected chi connectivity index (χ4v) is 3.34. The lowest BCUT2D eigenvalue weighted by Gasteiger charge is -2.13. The van der Waals surface area contributed by atoms with Crippen molar-refractivity contribution >= 4 is 27.5 Å². The molecule has 140 valence electrons. The summed E-state index contributed by atoms with van der Waals surface area (Å²) in [7, 11) is 0. The minimum atomic E-state index is -0.543. The zero-order valence-corrected chi connectivity index (χ0v) is 15.8. The van der Waals surface area contributed by atoms with E-state index in [1.807, 2.05) is 56.3 Å². The fraction of sp³-hybridized carbons (Fsp3) is 0.174. The average molecular weight is 372 g/mol. The molecule has 1 aromatic heterocycles. The van der Waals surface area contributed by atoms with E-state index in [0.29, 0.717) is 10.8 Å². The Morgan fingerprint density at radius 2 is 1.57 bits per heavy atom. The number of hydrogen-bond donors (Lipinski definition) is 0. The summed E-state index contributed by atoms with van der Waals surface area (Å²) in [6.45, 7) is 3.85. The molecule has 0 radical (unpaired) electrons. The van der Waals surface area contributed by atoms with Crippen LogP contribution in [0.3, 0.4) is 0 Å². The van der Waals surface area contributed by atoms with Crippen molar-refractivity contribution in [3.05, 3.63) is 88.3 Å². The van der Waals surface area contributed by atoms with E-state index >= 15 is 0 Å². The molecular formula is C23H20N2O3. The van der Waals surface area contributed by atoms with Gasteiger partial charge < -0.3 is 4.74 Å². The average Bonchev–Trinajstić information content (AvgIpc) is 2.72. The number of esters is 1. The molecule has 0 N–H and O–H groups in total. The van der Waals surface area contributed by atoms with Gasteiger partial charge in [-0.15, -0.1) is 0 Å². The van der Waals surface area contributed by atoms with Crippen molar-refractivity contribution in [1.82, 2.24) is 9.78 Å². The van der Waals surface area contributed by atoms with Crippen LogP contribution >= 0.6 is 0 Å². The number of rotatable bonds is 4. The molecule has 5 heteroatoms. The van der Waals surface area contributed by atoms with Gasteiger partial charge in [-0.2, -0.15) is 5.10 Å². The Morgan fingerprint density at radius 1 is 0.929 bits per heavy atom. The Bertz CT molecular complexity index is 1240. The van der Waals surface area contributed by atoms with Crippen molar-refractivity contribution in [3.8, 4) is 0 Å². The van der Waals surface area contributed by atoms with Gasteiger partial charge in [0.25, 0.3) is 5.56 Å². The van der Waals surface area contributed by atoms with E-state index in [0.717, 1.165) is 16.3 Å². The molecule has 0 atom stereocenters. The molecule has 28 heavy (non-hydrogen) atoms. The van der Waals surface area contributed by atoms with Gasteiger partial charge in [0, 0.05) is 5.39 Å². The van der Waals surface area contributed by atoms with Crippen LogP contribution in [-0.4, -0.2) is 15.7 Å². The van der Waals surface area contributed by atoms with Crippen LogP contribution in [0.4, 0.5) is 0 Å². The highest BCUT2D eigenvalue weighted by atomic mass is 16.5. The highest BCUT2D eigenvalue weighted by Crippen LogP contribution is 2.21. The summed E-state index contributed by atoms with van der Waals surface area (Å²) in [5.74, 6) is -0.543. The van der Waals surface area contributed by atoms with Gasteiger partial charge in [-0.1, -0.05) is 60.7 Å². The smallest absolute Gasteiger partial charge is 0.359 e. The summed E-state index contributed by atoms with van der Waals surface area (Å²) >= 11 is 0. The van der Waals surface area contributed by atoms with Gasteiger partial charge >= 0.3 is 5.97 Å². The minimum Gasteiger partial charge on any atom is -0.456 e. The molecule has 0 fully saturated rings. The Labute approximate surface area is 162 Å². The molecule has 0 bridgehead atoms. The minimum absolute atomic E-state index is 0.136. The summed E-state index contributed by atoms with van der Waals surface area (Å²) in [6.07, 6.45) is 0. The van der Waals surface area contributed by atoms with E-state index in [1.54, 1.807) is 24.3 Å². The number of fused-ring (bicyclic) bond motifs is 2. The van der Waals surface area contributed by atoms with Gasteiger partial charge in [0.1, 0.15) is 6.61 Å². The van der Waals surface area contributed by atoms with E-state index in [9.17, 15) is 9.59 Å². The number of nitrogens with zero attached hydrogens (tertiary/aromatic N) is 2. The van der Waals surface area contributed by atoms with Crippen LogP contribution in [0.2, 0.25) is 0 Å². The summed E-state index contributed by atoms with van der Waals surface area (Å²) in [6, 6.07) is 20.7. The van der Waals surface area contributed by atoms with Crippen molar-refractivity contribution in [2.75, 3.05) is 0 Å². The second-order valence-electron chi connectivity index (χ2n) is 6.95. The van der Waals surface area contributed by atoms with Gasteiger partial charge in [-0.25, -0.2) is 9.48 Å². The van der Waals surface area contributed by atoms with Gasteiger partial charge in [0.05, 0.1) is 11.4 Å². The van der Waals surface area contributed by atoms with Crippen molar-refractivity contribution < 1.29 is 9.53 Å². The van der Waals surface area contributed by atoms with E-state index in [-0.39, 0.29) is 23.9 Å². The third-order valence-corrected chi connectivity index (χ3v) is 4.75. The molecule has 3 aromatic carbocycles. The molecule has 0 saturated heterocycles. The van der Waals surface area contributed by atoms with Crippen molar-refractivity contribution in [3.63, 3.8) is 0 Å². The number of aromatic nitrogens is 2. The summed E-state index contributed by atoms with van der Waals surface area (Å²) in [4.78, 5) is 25.5. The first-order valence-corrected chi connectivity index (χ1v) is 9.21. The Kier molecular flexibility index (Phi) is 4.65. The third kappa shape index (κ3) is 3.16. The molecular weight excluding hydrogens is 352 g/mol. The number of carbonyl (C=O) groups is 1. The van der Waals surface area contributed by atoms with Crippen molar-refractivity contribution in [2.45, 2.75) is 26.5 Å². The van der Waals surface area contributed by atoms with Crippen molar-refractivity contribution in [1.29, 1.82) is 0 Å². The van der Waals surface area contributed by atoms with Gasteiger partial charge in [-0.05, 0) is 36.2 Å². The molecule has 1 heterocycles. The lowest BCUT2D eigenvalue weighted by atomic mass is 10.1. The van der Waals surface area contributed by atoms with Crippen LogP contribution in [-0.2, 0) is 11.3 Å². The zero-order chi connectivity index (χ0) is 19.7. The molecule has 4 aromatic rings. The Hall–Kier alpha value is -3.47. The molecule has 4 rings (SSSR count). The van der Waals surface area contributed by atoms with Gasteiger partial charge in [0.15, 0.2) is 5.69 Å². The lowest BCUT2D eigenvalue weighted by molar-refractivity contribution is 0.0466. The molecule has 0 aliphatic rings. The highest BCUT2D eigenvalue weighted by molar-refractivity contribution is 6.02. The topological polar surface area (TPSA) is 61.2 Å². The van der Waals surface area contributed by atoms with E-state index in [1.165, 1.54) is 4.68 Å². The molecule has 0 unspecified atom stereocenters. The van der Waals surface area contributed by atoms with E-state index in [2.05, 4.69) is 5.10 Å². The maximum absolute atomic E-state index is 12.9. The van der Waals surface area contributed by atoms with Gasteiger partial charge in [-0.3, -0.25) is 4.79 Å².